The molecule has 0 aliphatic heterocycles. The van der Waals surface area contributed by atoms with Crippen LogP contribution in [0.4, 0.5) is 10.1 Å². The molecule has 0 radical (unpaired) electrons. The number of hydrogen-bond donors (Lipinski definition) is 1. The van der Waals surface area contributed by atoms with Gasteiger partial charge < -0.3 is 5.32 Å². The number of benzene rings is 1. The van der Waals surface area contributed by atoms with E-state index in [0.717, 1.165) is 0 Å². The van der Waals surface area contributed by atoms with Crippen LogP contribution >= 0.6 is 15.9 Å². The Morgan fingerprint density at radius 2 is 2.33 bits per heavy atom. The summed E-state index contributed by atoms with van der Waals surface area (Å²) < 4.78 is 14.8. The van der Waals surface area contributed by atoms with Crippen LogP contribution in [-0.2, 0) is 4.79 Å². The first-order valence-corrected chi connectivity index (χ1v) is 5.97. The van der Waals surface area contributed by atoms with Gasteiger partial charge in [0.05, 0.1) is 5.69 Å². The zero-order valence-electron chi connectivity index (χ0n) is 9.47. The Bertz CT molecular complexity index is 558. The van der Waals surface area contributed by atoms with Gasteiger partial charge in [0.25, 0.3) is 0 Å². The van der Waals surface area contributed by atoms with Gasteiger partial charge in [0.15, 0.2) is 0 Å². The van der Waals surface area contributed by atoms with Gasteiger partial charge in [-0.3, -0.25) is 4.79 Å². The van der Waals surface area contributed by atoms with Crippen LogP contribution in [0.5, 0.6) is 0 Å². The van der Waals surface area contributed by atoms with Crippen molar-refractivity contribution in [3.63, 3.8) is 0 Å². The number of nitrogens with zero attached hydrogens (tertiary/aromatic N) is 3. The summed E-state index contributed by atoms with van der Waals surface area (Å²) >= 11 is 3.18. The van der Waals surface area contributed by atoms with Crippen LogP contribution in [0.3, 0.4) is 0 Å². The summed E-state index contributed by atoms with van der Waals surface area (Å²) in [5.41, 5.74) is 0.508. The van der Waals surface area contributed by atoms with Gasteiger partial charge in [-0.15, -0.1) is 0 Å². The number of hydrogen-bond acceptors (Lipinski definition) is 3. The molecule has 1 amide bonds. The first-order chi connectivity index (χ1) is 8.58. The molecular formula is C11H10BrFN4O. The van der Waals surface area contributed by atoms with Crippen LogP contribution in [-0.4, -0.2) is 20.7 Å². The zero-order valence-corrected chi connectivity index (χ0v) is 11.1. The molecule has 0 spiro atoms. The number of nitrogens with one attached hydrogen (secondary N) is 1. The maximum Gasteiger partial charge on any atom is 0.249 e. The lowest BCUT2D eigenvalue weighted by molar-refractivity contribution is -0.119. The van der Waals surface area contributed by atoms with Gasteiger partial charge >= 0.3 is 0 Å². The predicted octanol–water partition coefficient (Wildman–Crippen LogP) is 2.38. The lowest BCUT2D eigenvalue weighted by atomic mass is 10.2. The van der Waals surface area contributed by atoms with E-state index >= 15 is 0 Å². The van der Waals surface area contributed by atoms with Crippen LogP contribution in [0.15, 0.2) is 35.3 Å². The van der Waals surface area contributed by atoms with Crippen LogP contribution in [0, 0.1) is 5.82 Å². The molecule has 0 aliphatic rings. The summed E-state index contributed by atoms with van der Waals surface area (Å²) in [7, 11) is 0. The fourth-order valence-electron chi connectivity index (χ4n) is 1.37. The monoisotopic (exact) mass is 312 g/mol. The molecule has 2 rings (SSSR count). The molecular weight excluding hydrogens is 303 g/mol. The Kier molecular flexibility index (Phi) is 3.71. The van der Waals surface area contributed by atoms with Crippen molar-refractivity contribution in [2.45, 2.75) is 13.0 Å². The van der Waals surface area contributed by atoms with E-state index in [9.17, 15) is 9.18 Å². The fourth-order valence-corrected chi connectivity index (χ4v) is 1.82. The van der Waals surface area contributed by atoms with Crippen LogP contribution in [0.25, 0.3) is 0 Å². The van der Waals surface area contributed by atoms with Crippen molar-refractivity contribution >= 4 is 27.5 Å². The lowest BCUT2D eigenvalue weighted by Crippen LogP contribution is -2.24. The number of aromatic nitrogens is 3. The lowest BCUT2D eigenvalue weighted by Gasteiger charge is -2.13. The molecule has 1 atom stereocenters. The van der Waals surface area contributed by atoms with Crippen LogP contribution in [0.1, 0.15) is 13.0 Å². The zero-order chi connectivity index (χ0) is 13.1. The maximum absolute atomic E-state index is 12.9. The van der Waals surface area contributed by atoms with E-state index in [4.69, 9.17) is 0 Å². The van der Waals surface area contributed by atoms with Gasteiger partial charge in [-0.05, 0) is 41.1 Å². The van der Waals surface area contributed by atoms with E-state index in [0.29, 0.717) is 10.2 Å². The number of halogens is 2. The van der Waals surface area contributed by atoms with Gasteiger partial charge in [0.2, 0.25) is 5.91 Å². The maximum atomic E-state index is 12.9. The van der Waals surface area contributed by atoms with E-state index in [1.165, 1.54) is 35.5 Å². The topological polar surface area (TPSA) is 59.8 Å². The predicted molar refractivity (Wildman–Crippen MR) is 67.5 cm³/mol. The summed E-state index contributed by atoms with van der Waals surface area (Å²) in [6, 6.07) is 3.56. The SMILES string of the molecule is CC(C(=O)Nc1ccc(F)cc1Br)n1cncn1. The van der Waals surface area contributed by atoms with Gasteiger partial charge in [0, 0.05) is 4.47 Å². The Balaban J connectivity index is 2.12. The van der Waals surface area contributed by atoms with E-state index in [1.54, 1.807) is 6.92 Å². The van der Waals surface area contributed by atoms with Crippen molar-refractivity contribution in [2.24, 2.45) is 0 Å². The summed E-state index contributed by atoms with van der Waals surface area (Å²) in [5.74, 6) is -0.628. The number of rotatable bonds is 3. The molecule has 1 aromatic heterocycles. The van der Waals surface area contributed by atoms with Crippen molar-refractivity contribution in [2.75, 3.05) is 5.32 Å². The first-order valence-electron chi connectivity index (χ1n) is 5.18. The van der Waals surface area contributed by atoms with Crippen molar-refractivity contribution in [1.82, 2.24) is 14.8 Å². The van der Waals surface area contributed by atoms with E-state index in [-0.39, 0.29) is 11.7 Å². The molecule has 1 unspecified atom stereocenters. The normalized spacial score (nSPS) is 12.2. The fraction of sp³-hybridized carbons (Fsp3) is 0.182. The molecule has 0 fully saturated rings. The third-order valence-electron chi connectivity index (χ3n) is 2.40. The molecule has 5 nitrogen and oxygen atoms in total. The second kappa shape index (κ2) is 5.26. The van der Waals surface area contributed by atoms with Crippen molar-refractivity contribution < 1.29 is 9.18 Å². The van der Waals surface area contributed by atoms with Crippen molar-refractivity contribution in [3.8, 4) is 0 Å². The number of amides is 1. The molecule has 0 aliphatic carbocycles. The molecule has 0 bridgehead atoms. The molecule has 18 heavy (non-hydrogen) atoms. The third-order valence-corrected chi connectivity index (χ3v) is 3.06. The number of carbonyl (C=O) groups excluding carboxylic acids is 1. The molecule has 1 heterocycles. The van der Waals surface area contributed by atoms with Gasteiger partial charge in [-0.1, -0.05) is 0 Å². The highest BCUT2D eigenvalue weighted by Gasteiger charge is 2.16. The largest absolute Gasteiger partial charge is 0.323 e. The highest BCUT2D eigenvalue weighted by Crippen LogP contribution is 2.23. The van der Waals surface area contributed by atoms with Crippen molar-refractivity contribution in [3.05, 3.63) is 41.1 Å². The minimum Gasteiger partial charge on any atom is -0.323 e. The molecule has 1 aromatic carbocycles. The molecule has 7 heteroatoms. The Morgan fingerprint density at radius 1 is 1.56 bits per heavy atom. The molecule has 0 saturated heterocycles. The number of carbonyl (C=O) groups is 1. The molecule has 94 valence electrons. The average molecular weight is 313 g/mol. The smallest absolute Gasteiger partial charge is 0.249 e. The summed E-state index contributed by atoms with van der Waals surface area (Å²) in [6.45, 7) is 1.70. The highest BCUT2D eigenvalue weighted by molar-refractivity contribution is 9.10. The number of anilines is 1. The van der Waals surface area contributed by atoms with Crippen LogP contribution < -0.4 is 5.32 Å². The Morgan fingerprint density at radius 3 is 2.94 bits per heavy atom. The van der Waals surface area contributed by atoms with E-state index in [2.05, 4.69) is 31.3 Å². The molecule has 0 saturated carbocycles. The Labute approximate surface area is 111 Å². The van der Waals surface area contributed by atoms with E-state index in [1.807, 2.05) is 0 Å². The first kappa shape index (κ1) is 12.7. The second-order valence-electron chi connectivity index (χ2n) is 3.66. The molecule has 2 aromatic rings. The van der Waals surface area contributed by atoms with Crippen molar-refractivity contribution in [1.29, 1.82) is 0 Å². The van der Waals surface area contributed by atoms with Gasteiger partial charge in [-0.25, -0.2) is 14.1 Å². The summed E-state index contributed by atoms with van der Waals surface area (Å²) in [5, 5.41) is 6.57. The third kappa shape index (κ3) is 2.73. The highest BCUT2D eigenvalue weighted by atomic mass is 79.9. The minimum absolute atomic E-state index is 0.257. The molecule has 1 N–H and O–H groups in total. The Hall–Kier alpha value is -1.76. The summed E-state index contributed by atoms with van der Waals surface area (Å²) in [4.78, 5) is 15.7. The quantitative estimate of drug-likeness (QED) is 0.946. The van der Waals surface area contributed by atoms with Gasteiger partial charge in [0.1, 0.15) is 24.5 Å². The summed E-state index contributed by atoms with van der Waals surface area (Å²) in [6.07, 6.45) is 2.82. The van der Waals surface area contributed by atoms with E-state index < -0.39 is 6.04 Å². The van der Waals surface area contributed by atoms with Gasteiger partial charge in [-0.2, -0.15) is 5.10 Å². The van der Waals surface area contributed by atoms with Crippen LogP contribution in [0.2, 0.25) is 0 Å². The average Bonchev–Trinajstić information content (AvgIpc) is 2.85. The second-order valence-corrected chi connectivity index (χ2v) is 4.52. The minimum atomic E-state index is -0.496. The standard InChI is InChI=1S/C11H10BrFN4O/c1-7(17-6-14-5-15-17)11(18)16-10-3-2-8(13)4-9(10)12/h2-7H,1H3,(H,16,18).